The summed E-state index contributed by atoms with van der Waals surface area (Å²) in [5, 5.41) is 0. The van der Waals surface area contributed by atoms with Gasteiger partial charge >= 0.3 is 6.72 Å². The molecule has 0 bridgehead atoms. The fourth-order valence-corrected chi connectivity index (χ4v) is 5.00. The van der Waals surface area contributed by atoms with Gasteiger partial charge in [0.05, 0.1) is 12.4 Å². The van der Waals surface area contributed by atoms with Crippen LogP contribution >= 0.6 is 6.72 Å². The molecule has 2 aliphatic heterocycles. The molecule has 2 aliphatic rings. The Morgan fingerprint density at radius 1 is 1.39 bits per heavy atom. The van der Waals surface area contributed by atoms with Gasteiger partial charge in [-0.25, -0.2) is 15.0 Å². The average Bonchev–Trinajstić information content (AvgIpc) is 3.11. The minimum absolute atomic E-state index is 0.189. The molecule has 9 nitrogen and oxygen atoms in total. The molecule has 124 valence electrons. The van der Waals surface area contributed by atoms with E-state index in [1.54, 1.807) is 6.33 Å². The van der Waals surface area contributed by atoms with Gasteiger partial charge < -0.3 is 24.0 Å². The third-order valence-corrected chi connectivity index (χ3v) is 6.59. The van der Waals surface area contributed by atoms with Gasteiger partial charge in [-0.3, -0.25) is 4.57 Å². The van der Waals surface area contributed by atoms with Crippen molar-refractivity contribution in [3.05, 3.63) is 12.7 Å². The van der Waals surface area contributed by atoms with Gasteiger partial charge in [-0.2, -0.15) is 0 Å². The highest BCUT2D eigenvalue weighted by Crippen LogP contribution is 2.58. The van der Waals surface area contributed by atoms with Crippen molar-refractivity contribution >= 4 is 35.5 Å². The number of hydrogen-bond acceptors (Lipinski definition) is 9. The fourth-order valence-electron chi connectivity index (χ4n) is 2.97. The molecule has 4 rings (SSSR count). The van der Waals surface area contributed by atoms with Crippen molar-refractivity contribution in [2.75, 3.05) is 12.8 Å². The molecular weight excluding hydrogens is 341 g/mol. The Labute approximate surface area is 137 Å². The van der Waals surface area contributed by atoms with Crippen molar-refractivity contribution in [1.82, 2.24) is 19.5 Å². The number of anilines is 1. The van der Waals surface area contributed by atoms with Crippen molar-refractivity contribution in [3.8, 4) is 0 Å². The highest BCUT2D eigenvalue weighted by molar-refractivity contribution is 8.07. The van der Waals surface area contributed by atoms with Crippen molar-refractivity contribution in [3.63, 3.8) is 0 Å². The molecule has 2 aromatic rings. The molecule has 0 amide bonds. The van der Waals surface area contributed by atoms with Crippen LogP contribution < -0.4 is 5.73 Å². The third kappa shape index (κ3) is 2.46. The van der Waals surface area contributed by atoms with E-state index in [1.807, 2.05) is 11.5 Å². The smallest absolute Gasteiger partial charge is 0.327 e. The molecule has 11 heteroatoms. The van der Waals surface area contributed by atoms with Gasteiger partial charge in [-0.15, -0.1) is 0 Å². The molecule has 2 unspecified atom stereocenters. The molecule has 0 spiro atoms. The zero-order valence-corrected chi connectivity index (χ0v) is 14.2. The van der Waals surface area contributed by atoms with Gasteiger partial charge in [-0.05, 0) is 18.7 Å². The van der Waals surface area contributed by atoms with Crippen molar-refractivity contribution in [1.29, 1.82) is 0 Å². The number of imidazole rings is 1. The van der Waals surface area contributed by atoms with Gasteiger partial charge in [-0.1, -0.05) is 0 Å². The molecule has 2 saturated heterocycles. The fraction of sp³-hybridized carbons (Fsp3) is 0.583. The Morgan fingerprint density at radius 2 is 2.22 bits per heavy atom. The summed E-state index contributed by atoms with van der Waals surface area (Å²) in [5.74, 6) is 0.340. The monoisotopic (exact) mass is 357 g/mol. The van der Waals surface area contributed by atoms with Crippen LogP contribution in [0.3, 0.4) is 0 Å². The van der Waals surface area contributed by atoms with Gasteiger partial charge in [0.2, 0.25) is 0 Å². The lowest BCUT2D eigenvalue weighted by Crippen LogP contribution is -2.39. The number of hydrogen-bond donors (Lipinski definition) is 1. The second-order valence-corrected chi connectivity index (χ2v) is 8.48. The van der Waals surface area contributed by atoms with Crippen LogP contribution in [0.2, 0.25) is 0 Å². The minimum atomic E-state index is -2.70. The molecular formula is C12H16N5O4PS. The van der Waals surface area contributed by atoms with E-state index in [4.69, 9.17) is 35.8 Å². The van der Waals surface area contributed by atoms with E-state index in [9.17, 15) is 0 Å². The Morgan fingerprint density at radius 3 is 3.00 bits per heavy atom. The summed E-state index contributed by atoms with van der Waals surface area (Å²) in [6, 6.07) is 0. The molecule has 2 N–H and O–H groups in total. The Bertz CT molecular complexity index is 801. The van der Waals surface area contributed by atoms with Crippen molar-refractivity contribution < 1.29 is 18.3 Å². The molecule has 0 saturated carbocycles. The summed E-state index contributed by atoms with van der Waals surface area (Å²) in [5.41, 5.74) is 7.00. The summed E-state index contributed by atoms with van der Waals surface area (Å²) < 4.78 is 24.7. The van der Waals surface area contributed by atoms with Crippen LogP contribution in [0.15, 0.2) is 12.7 Å². The highest BCUT2D eigenvalue weighted by atomic mass is 32.5. The normalized spacial score (nSPS) is 37.1. The number of rotatable bonds is 2. The standard InChI is InChI=1S/C12H16N5O4PS/c1-6-10-7(21-22(23,18-2)20-6)3-8(19-10)17-5-16-9-11(13)14-4-15-12(9)17/h4-8,10H,3H2,1-2H3,(H2,13,14,15)/t6-,7-,8+,10?,22?/m0/s1. The molecule has 5 atom stereocenters. The number of nitrogens with two attached hydrogens (primary N) is 1. The summed E-state index contributed by atoms with van der Waals surface area (Å²) in [7, 11) is 1.50. The predicted molar refractivity (Wildman–Crippen MR) is 85.0 cm³/mol. The molecule has 23 heavy (non-hydrogen) atoms. The number of ether oxygens (including phenoxy) is 1. The van der Waals surface area contributed by atoms with Crippen LogP contribution in [-0.2, 0) is 30.1 Å². The maximum atomic E-state index is 6.10. The first-order chi connectivity index (χ1) is 11.0. The molecule has 2 aromatic heterocycles. The first-order valence-electron chi connectivity index (χ1n) is 7.12. The largest absolute Gasteiger partial charge is 0.382 e. The van der Waals surface area contributed by atoms with Crippen LogP contribution in [0.1, 0.15) is 19.6 Å². The zero-order valence-electron chi connectivity index (χ0n) is 12.5. The molecule has 0 radical (unpaired) electrons. The Hall–Kier alpha value is -1.16. The van der Waals surface area contributed by atoms with Crippen LogP contribution in [0.25, 0.3) is 11.2 Å². The summed E-state index contributed by atoms with van der Waals surface area (Å²) in [6.07, 6.45) is 2.76. The number of fused-ring (bicyclic) bond motifs is 2. The second-order valence-electron chi connectivity index (χ2n) is 5.46. The topological polar surface area (TPSA) is 107 Å². The zero-order chi connectivity index (χ0) is 16.2. The van der Waals surface area contributed by atoms with E-state index in [-0.39, 0.29) is 24.5 Å². The first-order valence-corrected chi connectivity index (χ1v) is 9.67. The van der Waals surface area contributed by atoms with E-state index < -0.39 is 6.72 Å². The van der Waals surface area contributed by atoms with E-state index in [2.05, 4.69) is 15.0 Å². The predicted octanol–water partition coefficient (Wildman–Crippen LogP) is 1.37. The average molecular weight is 357 g/mol. The lowest BCUT2D eigenvalue weighted by molar-refractivity contribution is -0.0922. The number of nitrogen functional groups attached to an aromatic ring is 1. The van der Waals surface area contributed by atoms with Gasteiger partial charge in [0.1, 0.15) is 30.3 Å². The third-order valence-electron chi connectivity index (χ3n) is 4.06. The van der Waals surface area contributed by atoms with Crippen molar-refractivity contribution in [2.45, 2.75) is 37.9 Å². The maximum absolute atomic E-state index is 6.10. The van der Waals surface area contributed by atoms with Gasteiger partial charge in [0, 0.05) is 13.5 Å². The molecule has 0 aliphatic carbocycles. The van der Waals surface area contributed by atoms with E-state index >= 15 is 0 Å². The van der Waals surface area contributed by atoms with E-state index in [0.717, 1.165) is 0 Å². The number of aromatic nitrogens is 4. The highest BCUT2D eigenvalue weighted by Gasteiger charge is 2.49. The van der Waals surface area contributed by atoms with Gasteiger partial charge in [0.25, 0.3) is 0 Å². The molecule has 4 heterocycles. The van der Waals surface area contributed by atoms with Crippen molar-refractivity contribution in [2.24, 2.45) is 0 Å². The lowest BCUT2D eigenvalue weighted by Gasteiger charge is -2.36. The van der Waals surface area contributed by atoms with Crippen LogP contribution in [0.5, 0.6) is 0 Å². The summed E-state index contributed by atoms with van der Waals surface area (Å²) >= 11 is 5.32. The number of nitrogens with zero attached hydrogens (tertiary/aromatic N) is 4. The minimum Gasteiger partial charge on any atom is -0.382 e. The first kappa shape index (κ1) is 15.4. The Balaban J connectivity index is 1.65. The maximum Gasteiger partial charge on any atom is 0.327 e. The lowest BCUT2D eigenvalue weighted by atomic mass is 10.1. The second kappa shape index (κ2) is 5.44. The van der Waals surface area contributed by atoms with Crippen LogP contribution in [0, 0.1) is 0 Å². The summed E-state index contributed by atoms with van der Waals surface area (Å²) in [4.78, 5) is 12.5. The molecule has 0 aromatic carbocycles. The Kier molecular flexibility index (Phi) is 3.63. The van der Waals surface area contributed by atoms with Crippen LogP contribution in [0.4, 0.5) is 5.82 Å². The molecule has 2 fully saturated rings. The quantitative estimate of drug-likeness (QED) is 0.797. The summed E-state index contributed by atoms with van der Waals surface area (Å²) in [6.45, 7) is -0.785. The van der Waals surface area contributed by atoms with Crippen LogP contribution in [-0.4, -0.2) is 44.9 Å². The van der Waals surface area contributed by atoms with E-state index in [0.29, 0.717) is 23.4 Å². The van der Waals surface area contributed by atoms with Gasteiger partial charge in [0.15, 0.2) is 11.5 Å². The SMILES string of the molecule is COP1(=S)O[C@@H](C)C2O[C@@H](n3cnc4c(N)ncnc43)C[C@@H]2O1. The van der Waals surface area contributed by atoms with E-state index in [1.165, 1.54) is 13.4 Å².